The highest BCUT2D eigenvalue weighted by molar-refractivity contribution is 7.12. The van der Waals surface area contributed by atoms with Crippen molar-refractivity contribution in [3.05, 3.63) is 21.9 Å². The first kappa shape index (κ1) is 9.31. The van der Waals surface area contributed by atoms with Crippen LogP contribution in [-0.4, -0.2) is 7.05 Å². The Bertz CT molecular complexity index is 282. The number of hydrogen-bond acceptors (Lipinski definition) is 2. The quantitative estimate of drug-likeness (QED) is 0.701. The summed E-state index contributed by atoms with van der Waals surface area (Å²) >= 11 is 1.79. The van der Waals surface area contributed by atoms with E-state index in [-0.39, 0.29) is 6.04 Å². The molecular weight excluding hydrogens is 166 g/mol. The van der Waals surface area contributed by atoms with Crippen molar-refractivity contribution in [3.63, 3.8) is 0 Å². The van der Waals surface area contributed by atoms with E-state index in [1.54, 1.807) is 11.3 Å². The molecule has 0 aromatic carbocycles. The fraction of sp³-hybridized carbons (Fsp3) is 0.400. The van der Waals surface area contributed by atoms with Gasteiger partial charge in [0, 0.05) is 9.75 Å². The second kappa shape index (κ2) is 4.30. The van der Waals surface area contributed by atoms with Crippen LogP contribution < -0.4 is 5.32 Å². The summed E-state index contributed by atoms with van der Waals surface area (Å²) < 4.78 is 0. The lowest BCUT2D eigenvalue weighted by molar-refractivity contribution is 0.749. The molecule has 0 aliphatic heterocycles. The van der Waals surface area contributed by atoms with Crippen LogP contribution in [-0.2, 0) is 6.42 Å². The predicted octanol–water partition coefficient (Wildman–Crippen LogP) is 2.20. The summed E-state index contributed by atoms with van der Waals surface area (Å²) in [6.45, 7) is 2.15. The van der Waals surface area contributed by atoms with Gasteiger partial charge < -0.3 is 5.32 Å². The number of rotatable bonds is 3. The summed E-state index contributed by atoms with van der Waals surface area (Å²) in [4.78, 5) is 2.62. The molecule has 1 N–H and O–H groups in total. The van der Waals surface area contributed by atoms with Crippen LogP contribution in [0.2, 0.25) is 0 Å². The van der Waals surface area contributed by atoms with Crippen molar-refractivity contribution < 1.29 is 0 Å². The van der Waals surface area contributed by atoms with Crippen molar-refractivity contribution in [1.82, 2.24) is 5.32 Å². The van der Waals surface area contributed by atoms with Gasteiger partial charge in [-0.15, -0.1) is 17.8 Å². The van der Waals surface area contributed by atoms with Gasteiger partial charge in [0.2, 0.25) is 0 Å². The number of terminal acetylenes is 1. The zero-order valence-electron chi connectivity index (χ0n) is 7.42. The Balaban J connectivity index is 2.81. The standard InChI is InChI=1S/C10H13NS/c1-4-8-6-7-10(12-8)9(5-2)11-3/h2,6-7,9,11H,4H2,1,3H3. The number of aryl methyl sites for hydroxylation is 1. The number of nitrogens with one attached hydrogen (secondary N) is 1. The molecule has 1 aromatic rings. The van der Waals surface area contributed by atoms with Crippen molar-refractivity contribution in [1.29, 1.82) is 0 Å². The maximum Gasteiger partial charge on any atom is 0.103 e. The molecule has 0 saturated carbocycles. The predicted molar refractivity (Wildman–Crippen MR) is 54.3 cm³/mol. The number of thiophene rings is 1. The van der Waals surface area contributed by atoms with E-state index in [9.17, 15) is 0 Å². The largest absolute Gasteiger partial charge is 0.302 e. The molecule has 1 nitrogen and oxygen atoms in total. The van der Waals surface area contributed by atoms with Crippen LogP contribution in [0.3, 0.4) is 0 Å². The lowest BCUT2D eigenvalue weighted by Gasteiger charge is -2.04. The highest BCUT2D eigenvalue weighted by Crippen LogP contribution is 2.22. The molecule has 1 aromatic heterocycles. The summed E-state index contributed by atoms with van der Waals surface area (Å²) in [5.41, 5.74) is 0. The average molecular weight is 179 g/mol. The molecule has 0 aliphatic rings. The zero-order valence-corrected chi connectivity index (χ0v) is 8.24. The summed E-state index contributed by atoms with van der Waals surface area (Å²) in [6.07, 6.45) is 6.45. The molecule has 0 spiro atoms. The van der Waals surface area contributed by atoms with Gasteiger partial charge in [-0.3, -0.25) is 0 Å². The summed E-state index contributed by atoms with van der Waals surface area (Å²) in [6, 6.07) is 4.32. The Kier molecular flexibility index (Phi) is 3.33. The van der Waals surface area contributed by atoms with Crippen molar-refractivity contribution in [3.8, 4) is 12.3 Å². The SMILES string of the molecule is C#CC(NC)c1ccc(CC)s1. The summed E-state index contributed by atoms with van der Waals surface area (Å²) in [5, 5.41) is 3.08. The van der Waals surface area contributed by atoms with E-state index in [0.29, 0.717) is 0 Å². The molecule has 1 unspecified atom stereocenters. The molecule has 1 heterocycles. The average Bonchev–Trinajstić information content (AvgIpc) is 2.55. The van der Waals surface area contributed by atoms with Gasteiger partial charge in [0.25, 0.3) is 0 Å². The van der Waals surface area contributed by atoms with Crippen molar-refractivity contribution in [2.75, 3.05) is 7.05 Å². The smallest absolute Gasteiger partial charge is 0.103 e. The third-order valence-electron chi connectivity index (χ3n) is 1.77. The van der Waals surface area contributed by atoms with Gasteiger partial charge in [-0.1, -0.05) is 12.8 Å². The van der Waals surface area contributed by atoms with E-state index in [2.05, 4.69) is 30.3 Å². The van der Waals surface area contributed by atoms with E-state index in [4.69, 9.17) is 6.42 Å². The van der Waals surface area contributed by atoms with Crippen LogP contribution in [0.4, 0.5) is 0 Å². The second-order valence-electron chi connectivity index (χ2n) is 2.55. The van der Waals surface area contributed by atoms with E-state index < -0.39 is 0 Å². The first-order valence-corrected chi connectivity index (χ1v) is 4.85. The highest BCUT2D eigenvalue weighted by Gasteiger charge is 2.07. The molecule has 64 valence electrons. The molecule has 0 radical (unpaired) electrons. The molecular formula is C10H13NS. The third kappa shape index (κ3) is 1.88. The molecule has 1 atom stereocenters. The van der Waals surface area contributed by atoms with Crippen LogP contribution in [0.5, 0.6) is 0 Å². The highest BCUT2D eigenvalue weighted by atomic mass is 32.1. The fourth-order valence-electron chi connectivity index (χ4n) is 1.05. The summed E-state index contributed by atoms with van der Waals surface area (Å²) in [7, 11) is 1.88. The molecule has 0 aliphatic carbocycles. The molecule has 12 heavy (non-hydrogen) atoms. The van der Waals surface area contributed by atoms with Gasteiger partial charge >= 0.3 is 0 Å². The molecule has 0 bridgehead atoms. The lowest BCUT2D eigenvalue weighted by Crippen LogP contribution is -2.12. The van der Waals surface area contributed by atoms with Crippen LogP contribution in [0.15, 0.2) is 12.1 Å². The minimum absolute atomic E-state index is 0.0790. The topological polar surface area (TPSA) is 12.0 Å². The first-order chi connectivity index (χ1) is 5.81. The Labute approximate surface area is 77.8 Å². The molecule has 0 fully saturated rings. The fourth-order valence-corrected chi connectivity index (χ4v) is 2.07. The Morgan fingerprint density at radius 2 is 2.42 bits per heavy atom. The molecule has 2 heteroatoms. The molecule has 0 saturated heterocycles. The minimum Gasteiger partial charge on any atom is -0.302 e. The maximum absolute atomic E-state index is 5.36. The Morgan fingerprint density at radius 3 is 2.83 bits per heavy atom. The van der Waals surface area contributed by atoms with Crippen LogP contribution in [0.25, 0.3) is 0 Å². The van der Waals surface area contributed by atoms with E-state index in [1.807, 2.05) is 7.05 Å². The lowest BCUT2D eigenvalue weighted by atomic mass is 10.2. The van der Waals surface area contributed by atoms with Crippen LogP contribution in [0, 0.1) is 12.3 Å². The van der Waals surface area contributed by atoms with Gasteiger partial charge in [0.05, 0.1) is 0 Å². The van der Waals surface area contributed by atoms with Crippen LogP contribution >= 0.6 is 11.3 Å². The Hall–Kier alpha value is -0.780. The van der Waals surface area contributed by atoms with E-state index >= 15 is 0 Å². The van der Waals surface area contributed by atoms with Crippen LogP contribution in [0.1, 0.15) is 22.7 Å². The van der Waals surface area contributed by atoms with Gasteiger partial charge in [-0.05, 0) is 25.6 Å². The van der Waals surface area contributed by atoms with Gasteiger partial charge in [0.1, 0.15) is 6.04 Å². The Morgan fingerprint density at radius 1 is 1.67 bits per heavy atom. The zero-order chi connectivity index (χ0) is 8.97. The first-order valence-electron chi connectivity index (χ1n) is 4.03. The molecule has 0 amide bonds. The number of hydrogen-bond donors (Lipinski definition) is 1. The van der Waals surface area contributed by atoms with E-state index in [1.165, 1.54) is 9.75 Å². The van der Waals surface area contributed by atoms with Gasteiger partial charge in [0.15, 0.2) is 0 Å². The van der Waals surface area contributed by atoms with Gasteiger partial charge in [-0.25, -0.2) is 0 Å². The third-order valence-corrected chi connectivity index (χ3v) is 3.07. The molecule has 1 rings (SSSR count). The monoisotopic (exact) mass is 179 g/mol. The maximum atomic E-state index is 5.36. The van der Waals surface area contributed by atoms with Crippen molar-refractivity contribution in [2.45, 2.75) is 19.4 Å². The van der Waals surface area contributed by atoms with Crippen molar-refractivity contribution in [2.24, 2.45) is 0 Å². The van der Waals surface area contributed by atoms with Gasteiger partial charge in [-0.2, -0.15) is 0 Å². The minimum atomic E-state index is 0.0790. The second-order valence-corrected chi connectivity index (χ2v) is 3.75. The van der Waals surface area contributed by atoms with Crippen molar-refractivity contribution >= 4 is 11.3 Å². The normalized spacial score (nSPS) is 12.4. The summed E-state index contributed by atoms with van der Waals surface area (Å²) in [5.74, 6) is 2.70. The van der Waals surface area contributed by atoms with E-state index in [0.717, 1.165) is 6.42 Å².